The first-order chi connectivity index (χ1) is 12.8. The molecule has 7 nitrogen and oxygen atoms in total. The van der Waals surface area contributed by atoms with Gasteiger partial charge in [-0.25, -0.2) is 9.78 Å². The van der Waals surface area contributed by atoms with Crippen LogP contribution in [0.25, 0.3) is 0 Å². The molecular formula is C19H20ClN3O4. The highest BCUT2D eigenvalue weighted by Crippen LogP contribution is 2.09. The Balaban J connectivity index is 2.10. The maximum Gasteiger partial charge on any atom is 0.326 e. The van der Waals surface area contributed by atoms with Crippen LogP contribution < -0.4 is 10.6 Å². The lowest BCUT2D eigenvalue weighted by molar-refractivity contribution is -0.142. The Morgan fingerprint density at radius 1 is 1.00 bits per heavy atom. The van der Waals surface area contributed by atoms with E-state index in [-0.39, 0.29) is 18.7 Å². The van der Waals surface area contributed by atoms with Gasteiger partial charge < -0.3 is 15.7 Å². The fraction of sp³-hybridized carbons (Fsp3) is 0.263. The number of pyridine rings is 1. The van der Waals surface area contributed by atoms with Gasteiger partial charge >= 0.3 is 5.97 Å². The number of nitrogens with zero attached hydrogens (tertiary/aromatic N) is 1. The van der Waals surface area contributed by atoms with E-state index in [1.807, 2.05) is 30.3 Å². The zero-order valence-corrected chi connectivity index (χ0v) is 15.4. The van der Waals surface area contributed by atoms with E-state index < -0.39 is 24.0 Å². The molecule has 0 radical (unpaired) electrons. The summed E-state index contributed by atoms with van der Waals surface area (Å²) in [6.45, 7) is 1.30. The SMILES string of the molecule is CC(=O)N[C@@H](Cc1ccccc1)C(=O)N[C@H](Cc1ccc(Cl)nc1)C(=O)O. The highest BCUT2D eigenvalue weighted by Gasteiger charge is 2.26. The van der Waals surface area contributed by atoms with Crippen LogP contribution in [0.3, 0.4) is 0 Å². The molecule has 0 unspecified atom stereocenters. The second-order valence-corrected chi connectivity index (χ2v) is 6.42. The number of rotatable bonds is 8. The first-order valence-corrected chi connectivity index (χ1v) is 8.67. The summed E-state index contributed by atoms with van der Waals surface area (Å²) in [6.07, 6.45) is 1.75. The van der Waals surface area contributed by atoms with Crippen LogP contribution in [-0.4, -0.2) is 40.0 Å². The molecule has 0 spiro atoms. The molecule has 142 valence electrons. The van der Waals surface area contributed by atoms with Gasteiger partial charge in [0.1, 0.15) is 17.2 Å². The second-order valence-electron chi connectivity index (χ2n) is 6.04. The maximum absolute atomic E-state index is 12.6. The lowest BCUT2D eigenvalue weighted by Gasteiger charge is -2.21. The molecule has 0 saturated heterocycles. The molecule has 0 saturated carbocycles. The van der Waals surface area contributed by atoms with Gasteiger partial charge in [0.15, 0.2) is 0 Å². The normalized spacial score (nSPS) is 12.7. The lowest BCUT2D eigenvalue weighted by atomic mass is 10.0. The third-order valence-corrected chi connectivity index (χ3v) is 4.04. The molecule has 2 atom stereocenters. The van der Waals surface area contributed by atoms with E-state index in [0.29, 0.717) is 10.7 Å². The van der Waals surface area contributed by atoms with Crippen molar-refractivity contribution in [2.75, 3.05) is 0 Å². The summed E-state index contributed by atoms with van der Waals surface area (Å²) in [6, 6.07) is 10.3. The summed E-state index contributed by atoms with van der Waals surface area (Å²) in [5.74, 6) is -2.12. The summed E-state index contributed by atoms with van der Waals surface area (Å²) in [5, 5.41) is 14.8. The largest absolute Gasteiger partial charge is 0.480 e. The number of benzene rings is 1. The van der Waals surface area contributed by atoms with Crippen molar-refractivity contribution >= 4 is 29.4 Å². The van der Waals surface area contributed by atoms with E-state index in [1.165, 1.54) is 13.1 Å². The van der Waals surface area contributed by atoms with Crippen molar-refractivity contribution in [3.05, 3.63) is 64.9 Å². The maximum atomic E-state index is 12.6. The lowest BCUT2D eigenvalue weighted by Crippen LogP contribution is -2.52. The van der Waals surface area contributed by atoms with Gasteiger partial charge in [-0.1, -0.05) is 48.0 Å². The number of amides is 2. The molecule has 3 N–H and O–H groups in total. The summed E-state index contributed by atoms with van der Waals surface area (Å²) in [5.41, 5.74) is 1.46. The van der Waals surface area contributed by atoms with Crippen molar-refractivity contribution in [3.8, 4) is 0 Å². The van der Waals surface area contributed by atoms with Gasteiger partial charge in [0.2, 0.25) is 11.8 Å². The minimum absolute atomic E-state index is 0.0450. The molecule has 0 aliphatic rings. The molecule has 1 aromatic heterocycles. The first-order valence-electron chi connectivity index (χ1n) is 8.30. The Hall–Kier alpha value is -2.93. The van der Waals surface area contributed by atoms with Crippen LogP contribution in [0, 0.1) is 0 Å². The number of aliphatic carboxylic acids is 1. The fourth-order valence-corrected chi connectivity index (χ4v) is 2.65. The van der Waals surface area contributed by atoms with Crippen LogP contribution in [0.4, 0.5) is 0 Å². The second kappa shape index (κ2) is 9.68. The Morgan fingerprint density at radius 2 is 1.67 bits per heavy atom. The van der Waals surface area contributed by atoms with Gasteiger partial charge in [0, 0.05) is 26.0 Å². The highest BCUT2D eigenvalue weighted by atomic mass is 35.5. The molecule has 2 aromatic rings. The van der Waals surface area contributed by atoms with Gasteiger partial charge in [-0.2, -0.15) is 0 Å². The predicted molar refractivity (Wildman–Crippen MR) is 100 cm³/mol. The van der Waals surface area contributed by atoms with Crippen LogP contribution in [-0.2, 0) is 27.2 Å². The summed E-state index contributed by atoms with van der Waals surface area (Å²) >= 11 is 5.72. The van der Waals surface area contributed by atoms with Crippen molar-refractivity contribution in [3.63, 3.8) is 0 Å². The van der Waals surface area contributed by atoms with Crippen molar-refractivity contribution in [1.29, 1.82) is 0 Å². The number of carbonyl (C=O) groups is 3. The van der Waals surface area contributed by atoms with Crippen LogP contribution >= 0.6 is 11.6 Å². The average molecular weight is 390 g/mol. The third kappa shape index (κ3) is 6.71. The Morgan fingerprint density at radius 3 is 2.22 bits per heavy atom. The van der Waals surface area contributed by atoms with E-state index in [0.717, 1.165) is 5.56 Å². The number of carboxylic acids is 1. The van der Waals surface area contributed by atoms with Crippen LogP contribution in [0.1, 0.15) is 18.1 Å². The number of halogens is 1. The summed E-state index contributed by atoms with van der Waals surface area (Å²) in [7, 11) is 0. The van der Waals surface area contributed by atoms with E-state index >= 15 is 0 Å². The quantitative estimate of drug-likeness (QED) is 0.594. The molecule has 0 fully saturated rings. The monoisotopic (exact) mass is 389 g/mol. The van der Waals surface area contributed by atoms with Crippen molar-refractivity contribution in [1.82, 2.24) is 15.6 Å². The Bertz CT molecular complexity index is 796. The number of nitrogens with one attached hydrogen (secondary N) is 2. The van der Waals surface area contributed by atoms with E-state index in [9.17, 15) is 19.5 Å². The number of hydrogen-bond donors (Lipinski definition) is 3. The van der Waals surface area contributed by atoms with Crippen LogP contribution in [0.15, 0.2) is 48.7 Å². The Kier molecular flexibility index (Phi) is 7.31. The van der Waals surface area contributed by atoms with E-state index in [4.69, 9.17) is 11.6 Å². The molecular weight excluding hydrogens is 370 g/mol. The van der Waals surface area contributed by atoms with Crippen molar-refractivity contribution in [2.24, 2.45) is 0 Å². The van der Waals surface area contributed by atoms with Gasteiger partial charge in [0.05, 0.1) is 0 Å². The number of carbonyl (C=O) groups excluding carboxylic acids is 2. The van der Waals surface area contributed by atoms with Crippen molar-refractivity contribution < 1.29 is 19.5 Å². The topological polar surface area (TPSA) is 108 Å². The molecule has 0 bridgehead atoms. The Labute approximate surface area is 161 Å². The molecule has 1 heterocycles. The predicted octanol–water partition coefficient (Wildman–Crippen LogP) is 1.59. The van der Waals surface area contributed by atoms with Crippen LogP contribution in [0.2, 0.25) is 5.15 Å². The minimum Gasteiger partial charge on any atom is -0.480 e. The summed E-state index contributed by atoms with van der Waals surface area (Å²) in [4.78, 5) is 39.5. The zero-order valence-electron chi connectivity index (χ0n) is 14.7. The fourth-order valence-electron chi connectivity index (χ4n) is 2.54. The zero-order chi connectivity index (χ0) is 19.8. The number of carboxylic acid groups (broad SMARTS) is 1. The van der Waals surface area contributed by atoms with Crippen molar-refractivity contribution in [2.45, 2.75) is 31.8 Å². The molecule has 0 aliphatic heterocycles. The molecule has 2 amide bonds. The molecule has 2 rings (SSSR count). The average Bonchev–Trinajstić information content (AvgIpc) is 2.62. The number of hydrogen-bond acceptors (Lipinski definition) is 4. The first kappa shape index (κ1) is 20.4. The third-order valence-electron chi connectivity index (χ3n) is 3.82. The molecule has 27 heavy (non-hydrogen) atoms. The van der Waals surface area contributed by atoms with Gasteiger partial charge in [-0.15, -0.1) is 0 Å². The standard InChI is InChI=1S/C19H20ClN3O4/c1-12(24)22-15(9-13-5-3-2-4-6-13)18(25)23-16(19(26)27)10-14-7-8-17(20)21-11-14/h2-8,11,15-16H,9-10H2,1H3,(H,22,24)(H,23,25)(H,26,27)/t15-,16+/m0/s1. The number of aromatic nitrogens is 1. The van der Waals surface area contributed by atoms with Gasteiger partial charge in [0.25, 0.3) is 0 Å². The highest BCUT2D eigenvalue weighted by molar-refractivity contribution is 6.29. The smallest absolute Gasteiger partial charge is 0.326 e. The van der Waals surface area contributed by atoms with Gasteiger partial charge in [-0.3, -0.25) is 9.59 Å². The van der Waals surface area contributed by atoms with Gasteiger partial charge in [-0.05, 0) is 17.2 Å². The van der Waals surface area contributed by atoms with E-state index in [2.05, 4.69) is 15.6 Å². The summed E-state index contributed by atoms with van der Waals surface area (Å²) < 4.78 is 0. The minimum atomic E-state index is -1.18. The van der Waals surface area contributed by atoms with Crippen LogP contribution in [0.5, 0.6) is 0 Å². The van der Waals surface area contributed by atoms with E-state index in [1.54, 1.807) is 12.1 Å². The molecule has 8 heteroatoms. The molecule has 1 aromatic carbocycles. The molecule has 0 aliphatic carbocycles.